The minimum absolute atomic E-state index is 0.0768. The van der Waals surface area contributed by atoms with E-state index < -0.39 is 6.10 Å². The zero-order chi connectivity index (χ0) is 15.4. The number of aliphatic hydroxyl groups is 1. The molecule has 0 aliphatic carbocycles. The van der Waals surface area contributed by atoms with Crippen LogP contribution in [0.25, 0.3) is 0 Å². The molecule has 2 atom stereocenters. The normalized spacial score (nSPS) is 21.0. The monoisotopic (exact) mass is 301 g/mol. The highest BCUT2D eigenvalue weighted by atomic mass is 16.3. The zero-order valence-electron chi connectivity index (χ0n) is 12.1. The average molecular weight is 301 g/mol. The number of rotatable bonds is 5. The van der Waals surface area contributed by atoms with Crippen molar-refractivity contribution in [2.75, 3.05) is 6.54 Å². The molecule has 1 aromatic heterocycles. The van der Waals surface area contributed by atoms with Crippen LogP contribution in [0.3, 0.4) is 0 Å². The van der Waals surface area contributed by atoms with Gasteiger partial charge in [-0.2, -0.15) is 5.10 Å². The molecular formula is C15H19N5O2. The summed E-state index contributed by atoms with van der Waals surface area (Å²) in [5, 5.41) is 19.5. The summed E-state index contributed by atoms with van der Waals surface area (Å²) in [7, 11) is 0. The molecule has 0 radical (unpaired) electrons. The minimum atomic E-state index is -0.435. The molecule has 1 aliphatic heterocycles. The number of nitrogens with zero attached hydrogens (tertiary/aromatic N) is 3. The van der Waals surface area contributed by atoms with Crippen molar-refractivity contribution in [3.05, 3.63) is 48.0 Å². The second-order valence-electron chi connectivity index (χ2n) is 5.43. The molecule has 3 N–H and O–H groups in total. The Hall–Kier alpha value is -2.25. The van der Waals surface area contributed by atoms with Gasteiger partial charge in [0, 0.05) is 13.1 Å². The van der Waals surface area contributed by atoms with Gasteiger partial charge in [0.05, 0.1) is 18.7 Å². The fourth-order valence-corrected chi connectivity index (χ4v) is 2.60. The number of hydrogen-bond acceptors (Lipinski definition) is 5. The second kappa shape index (κ2) is 6.67. The molecule has 3 rings (SSSR count). The Kier molecular flexibility index (Phi) is 4.45. The van der Waals surface area contributed by atoms with Crippen molar-refractivity contribution in [2.45, 2.75) is 31.7 Å². The van der Waals surface area contributed by atoms with Crippen molar-refractivity contribution < 1.29 is 9.90 Å². The predicted molar refractivity (Wildman–Crippen MR) is 79.8 cm³/mol. The highest BCUT2D eigenvalue weighted by molar-refractivity contribution is 5.82. The van der Waals surface area contributed by atoms with Gasteiger partial charge in [0.25, 0.3) is 0 Å². The Balaban J connectivity index is 1.61. The maximum atomic E-state index is 12.1. The lowest BCUT2D eigenvalue weighted by Gasteiger charge is -2.13. The Morgan fingerprint density at radius 1 is 1.41 bits per heavy atom. The van der Waals surface area contributed by atoms with Crippen molar-refractivity contribution in [1.82, 2.24) is 25.4 Å². The van der Waals surface area contributed by atoms with Crippen LogP contribution < -0.4 is 10.6 Å². The number of hydrogen-bond donors (Lipinski definition) is 3. The van der Waals surface area contributed by atoms with Gasteiger partial charge < -0.3 is 15.7 Å². The van der Waals surface area contributed by atoms with E-state index in [0.29, 0.717) is 26.1 Å². The van der Waals surface area contributed by atoms with E-state index in [9.17, 15) is 9.90 Å². The summed E-state index contributed by atoms with van der Waals surface area (Å²) in [5.74, 6) is -0.0768. The second-order valence-corrected chi connectivity index (χ2v) is 5.43. The lowest BCUT2D eigenvalue weighted by molar-refractivity contribution is -0.123. The smallest absolute Gasteiger partial charge is 0.237 e. The van der Waals surface area contributed by atoms with Crippen molar-refractivity contribution in [1.29, 1.82) is 0 Å². The Morgan fingerprint density at radius 3 is 2.91 bits per heavy atom. The van der Waals surface area contributed by atoms with Crippen LogP contribution >= 0.6 is 0 Å². The first-order valence-corrected chi connectivity index (χ1v) is 7.31. The summed E-state index contributed by atoms with van der Waals surface area (Å²) in [6, 6.07) is 7.61. The zero-order valence-corrected chi connectivity index (χ0v) is 12.1. The molecule has 2 heterocycles. The van der Waals surface area contributed by atoms with Crippen LogP contribution in [0.2, 0.25) is 0 Å². The van der Waals surface area contributed by atoms with Crippen molar-refractivity contribution >= 4 is 5.91 Å². The molecule has 1 aromatic carbocycles. The molecule has 1 fully saturated rings. The van der Waals surface area contributed by atoms with Crippen LogP contribution in [0.1, 0.15) is 17.5 Å². The van der Waals surface area contributed by atoms with Gasteiger partial charge in [0.15, 0.2) is 0 Å². The summed E-state index contributed by atoms with van der Waals surface area (Å²) in [5.41, 5.74) is 2.14. The Labute approximate surface area is 128 Å². The minimum Gasteiger partial charge on any atom is -0.392 e. The van der Waals surface area contributed by atoms with Gasteiger partial charge in [-0.25, -0.2) is 9.67 Å². The highest BCUT2D eigenvalue weighted by Gasteiger charge is 2.27. The first-order valence-electron chi connectivity index (χ1n) is 7.31. The van der Waals surface area contributed by atoms with E-state index in [0.717, 1.165) is 11.1 Å². The van der Waals surface area contributed by atoms with Crippen LogP contribution in [0.4, 0.5) is 0 Å². The van der Waals surface area contributed by atoms with Crippen LogP contribution in [0.5, 0.6) is 0 Å². The molecule has 22 heavy (non-hydrogen) atoms. The van der Waals surface area contributed by atoms with E-state index in [1.807, 2.05) is 24.3 Å². The summed E-state index contributed by atoms with van der Waals surface area (Å²) < 4.78 is 1.75. The van der Waals surface area contributed by atoms with Gasteiger partial charge >= 0.3 is 0 Å². The molecule has 1 saturated heterocycles. The standard InChI is InChI=1S/C15H19N5O2/c21-13-5-14(17-7-13)15(22)18-6-11-3-1-2-4-12(11)8-20-10-16-9-19-20/h1-4,9-10,13-14,17,21H,5-8H2,(H,18,22). The fourth-order valence-electron chi connectivity index (χ4n) is 2.60. The number of aliphatic hydroxyl groups excluding tert-OH is 1. The third-order valence-corrected chi connectivity index (χ3v) is 3.79. The van der Waals surface area contributed by atoms with Gasteiger partial charge in [0.2, 0.25) is 5.91 Å². The lowest BCUT2D eigenvalue weighted by Crippen LogP contribution is -2.40. The number of nitrogens with one attached hydrogen (secondary N) is 2. The van der Waals surface area contributed by atoms with Gasteiger partial charge in [-0.15, -0.1) is 0 Å². The molecule has 0 spiro atoms. The molecule has 7 nitrogen and oxygen atoms in total. The Bertz CT molecular complexity index is 629. The number of aromatic nitrogens is 3. The van der Waals surface area contributed by atoms with Crippen molar-refractivity contribution in [2.24, 2.45) is 0 Å². The highest BCUT2D eigenvalue weighted by Crippen LogP contribution is 2.11. The fraction of sp³-hybridized carbons (Fsp3) is 0.400. The molecular weight excluding hydrogens is 282 g/mol. The molecule has 7 heteroatoms. The Morgan fingerprint density at radius 2 is 2.23 bits per heavy atom. The van der Waals surface area contributed by atoms with Gasteiger partial charge in [0.1, 0.15) is 12.7 Å². The molecule has 2 unspecified atom stereocenters. The van der Waals surface area contributed by atoms with Crippen molar-refractivity contribution in [3.8, 4) is 0 Å². The number of benzene rings is 1. The van der Waals surface area contributed by atoms with E-state index >= 15 is 0 Å². The lowest BCUT2D eigenvalue weighted by atomic mass is 10.1. The number of carbonyl (C=O) groups is 1. The molecule has 2 aromatic rings. The van der Waals surface area contributed by atoms with Gasteiger partial charge in [-0.3, -0.25) is 4.79 Å². The SMILES string of the molecule is O=C(NCc1ccccc1Cn1cncn1)C1CC(O)CN1. The largest absolute Gasteiger partial charge is 0.392 e. The van der Waals surface area contributed by atoms with E-state index in [2.05, 4.69) is 20.7 Å². The average Bonchev–Trinajstić information content (AvgIpc) is 3.18. The molecule has 116 valence electrons. The third kappa shape index (κ3) is 3.49. The first kappa shape index (κ1) is 14.7. The molecule has 1 amide bonds. The van der Waals surface area contributed by atoms with Crippen molar-refractivity contribution in [3.63, 3.8) is 0 Å². The maximum Gasteiger partial charge on any atom is 0.237 e. The van der Waals surface area contributed by atoms with Gasteiger partial charge in [-0.1, -0.05) is 24.3 Å². The van der Waals surface area contributed by atoms with E-state index in [1.165, 1.54) is 6.33 Å². The van der Waals surface area contributed by atoms with Gasteiger partial charge in [-0.05, 0) is 17.5 Å². The van der Waals surface area contributed by atoms with Crippen LogP contribution in [-0.2, 0) is 17.9 Å². The third-order valence-electron chi connectivity index (χ3n) is 3.79. The number of β-amino-alcohol motifs (C(OH)–C–C–N with tert-alkyl or cyclic N) is 1. The molecule has 1 aliphatic rings. The number of amides is 1. The van der Waals surface area contributed by atoms with E-state index in [-0.39, 0.29) is 11.9 Å². The van der Waals surface area contributed by atoms with Crippen LogP contribution in [0.15, 0.2) is 36.9 Å². The summed E-state index contributed by atoms with van der Waals surface area (Å²) in [6.07, 6.45) is 3.20. The molecule has 0 bridgehead atoms. The number of carbonyl (C=O) groups excluding carboxylic acids is 1. The summed E-state index contributed by atoms with van der Waals surface area (Å²) in [4.78, 5) is 16.0. The van der Waals surface area contributed by atoms with E-state index in [1.54, 1.807) is 11.0 Å². The maximum absolute atomic E-state index is 12.1. The van der Waals surface area contributed by atoms with Crippen LogP contribution in [0, 0.1) is 0 Å². The predicted octanol–water partition coefficient (Wildman–Crippen LogP) is -0.335. The van der Waals surface area contributed by atoms with E-state index in [4.69, 9.17) is 0 Å². The summed E-state index contributed by atoms with van der Waals surface area (Å²) >= 11 is 0. The topological polar surface area (TPSA) is 92.1 Å². The quantitative estimate of drug-likeness (QED) is 0.703. The summed E-state index contributed by atoms with van der Waals surface area (Å²) in [6.45, 7) is 1.55. The first-order chi connectivity index (χ1) is 10.7. The van der Waals surface area contributed by atoms with Crippen LogP contribution in [-0.4, -0.2) is 44.5 Å². The molecule has 0 saturated carbocycles.